The zero-order valence-corrected chi connectivity index (χ0v) is 12.6. The molecule has 1 fully saturated rings. The molecule has 0 aromatic heterocycles. The van der Waals surface area contributed by atoms with Crippen molar-refractivity contribution in [2.75, 3.05) is 31.9 Å². The van der Waals surface area contributed by atoms with Gasteiger partial charge in [-0.1, -0.05) is 13.8 Å². The first kappa shape index (κ1) is 15.9. The maximum Gasteiger partial charge on any atom is 0.213 e. The Kier molecular flexibility index (Phi) is 6.55. The Balaban J connectivity index is 2.25. The summed E-state index contributed by atoms with van der Waals surface area (Å²) in [5, 5.41) is 3.12. The second-order valence-electron chi connectivity index (χ2n) is 5.45. The van der Waals surface area contributed by atoms with Crippen molar-refractivity contribution in [3.63, 3.8) is 0 Å². The van der Waals surface area contributed by atoms with Gasteiger partial charge in [-0.25, -0.2) is 13.1 Å². The molecule has 18 heavy (non-hydrogen) atoms. The first-order valence-corrected chi connectivity index (χ1v) is 8.50. The van der Waals surface area contributed by atoms with Crippen molar-refractivity contribution in [1.29, 1.82) is 0 Å². The Morgan fingerprint density at radius 1 is 1.17 bits per heavy atom. The molecule has 1 aliphatic heterocycles. The highest BCUT2D eigenvalue weighted by Gasteiger charge is 2.18. The molecule has 1 atom stereocenters. The van der Waals surface area contributed by atoms with E-state index in [1.54, 1.807) is 0 Å². The predicted octanol–water partition coefficient (Wildman–Crippen LogP) is 0.388. The van der Waals surface area contributed by atoms with Crippen molar-refractivity contribution in [2.24, 2.45) is 0 Å². The lowest BCUT2D eigenvalue weighted by molar-refractivity contribution is 0.312. The fourth-order valence-electron chi connectivity index (χ4n) is 2.24. The van der Waals surface area contributed by atoms with Crippen LogP contribution in [0.3, 0.4) is 0 Å². The van der Waals surface area contributed by atoms with Crippen LogP contribution in [0, 0.1) is 0 Å². The van der Waals surface area contributed by atoms with Crippen molar-refractivity contribution >= 4 is 10.0 Å². The van der Waals surface area contributed by atoms with Crippen molar-refractivity contribution in [3.05, 3.63) is 0 Å². The molecule has 1 unspecified atom stereocenters. The third-order valence-electron chi connectivity index (χ3n) is 3.03. The largest absolute Gasteiger partial charge is 0.313 e. The summed E-state index contributed by atoms with van der Waals surface area (Å²) in [5.74, 6) is 0.148. The van der Waals surface area contributed by atoms with Crippen molar-refractivity contribution < 1.29 is 8.42 Å². The molecule has 2 N–H and O–H groups in total. The third kappa shape index (κ3) is 6.68. The van der Waals surface area contributed by atoms with Gasteiger partial charge in [-0.15, -0.1) is 0 Å². The Morgan fingerprint density at radius 3 is 2.33 bits per heavy atom. The Hall–Kier alpha value is -0.170. The molecule has 1 aliphatic rings. The van der Waals surface area contributed by atoms with Gasteiger partial charge in [0.25, 0.3) is 0 Å². The monoisotopic (exact) mass is 277 g/mol. The molecule has 1 heterocycles. The van der Waals surface area contributed by atoms with Crippen LogP contribution in [-0.4, -0.2) is 57.3 Å². The number of likely N-dealkylation sites (tertiary alicyclic amines) is 1. The van der Waals surface area contributed by atoms with Crippen LogP contribution < -0.4 is 10.0 Å². The molecule has 1 rings (SSSR count). The number of rotatable bonds is 8. The van der Waals surface area contributed by atoms with Gasteiger partial charge in [-0.3, -0.25) is 0 Å². The lowest BCUT2D eigenvalue weighted by Gasteiger charge is -2.21. The molecule has 5 nitrogen and oxygen atoms in total. The zero-order valence-electron chi connectivity index (χ0n) is 11.8. The molecule has 0 aromatic rings. The molecule has 0 spiro atoms. The normalized spacial score (nSPS) is 19.6. The van der Waals surface area contributed by atoms with Gasteiger partial charge in [-0.2, -0.15) is 0 Å². The molecule has 0 bridgehead atoms. The Labute approximate surface area is 111 Å². The lowest BCUT2D eigenvalue weighted by atomic mass is 10.3. The number of hydrogen-bond donors (Lipinski definition) is 2. The fourth-order valence-corrected chi connectivity index (χ4v) is 3.43. The molecule has 108 valence electrons. The third-order valence-corrected chi connectivity index (χ3v) is 4.54. The maximum absolute atomic E-state index is 11.8. The highest BCUT2D eigenvalue weighted by molar-refractivity contribution is 7.89. The number of sulfonamides is 1. The lowest BCUT2D eigenvalue weighted by Crippen LogP contribution is -2.43. The number of nitrogens with one attached hydrogen (secondary N) is 2. The first-order valence-electron chi connectivity index (χ1n) is 6.85. The Bertz CT molecular complexity index is 324. The predicted molar refractivity (Wildman–Crippen MR) is 75.2 cm³/mol. The molecule has 0 radical (unpaired) electrons. The van der Waals surface area contributed by atoms with Gasteiger partial charge in [0, 0.05) is 25.2 Å². The van der Waals surface area contributed by atoms with Crippen LogP contribution in [0.5, 0.6) is 0 Å². The van der Waals surface area contributed by atoms with Gasteiger partial charge in [0.05, 0.1) is 5.75 Å². The maximum atomic E-state index is 11.8. The van der Waals surface area contributed by atoms with Crippen LogP contribution in [0.4, 0.5) is 0 Å². The average Bonchev–Trinajstić information content (AvgIpc) is 2.67. The summed E-state index contributed by atoms with van der Waals surface area (Å²) in [6, 6.07) is 0.314. The molecular formula is C12H27N3O2S. The smallest absolute Gasteiger partial charge is 0.213 e. The second kappa shape index (κ2) is 7.43. The van der Waals surface area contributed by atoms with Crippen molar-refractivity contribution in [1.82, 2.24) is 14.9 Å². The van der Waals surface area contributed by atoms with Crippen LogP contribution in [0.25, 0.3) is 0 Å². The summed E-state index contributed by atoms with van der Waals surface area (Å²) >= 11 is 0. The van der Waals surface area contributed by atoms with Gasteiger partial charge >= 0.3 is 0 Å². The quantitative estimate of drug-likeness (QED) is 0.674. The SMILES string of the molecule is CC(C)NCCS(=O)(=O)NC(C)CN1CCCC1. The molecule has 0 aromatic carbocycles. The first-order chi connectivity index (χ1) is 8.39. The van der Waals surface area contributed by atoms with Crippen LogP contribution in [0.1, 0.15) is 33.6 Å². The molecular weight excluding hydrogens is 250 g/mol. The van der Waals surface area contributed by atoms with E-state index in [2.05, 4.69) is 14.9 Å². The highest BCUT2D eigenvalue weighted by Crippen LogP contribution is 2.07. The van der Waals surface area contributed by atoms with Crippen LogP contribution >= 0.6 is 0 Å². The minimum atomic E-state index is -3.16. The summed E-state index contributed by atoms with van der Waals surface area (Å²) in [4.78, 5) is 2.32. The van der Waals surface area contributed by atoms with Gasteiger partial charge < -0.3 is 10.2 Å². The van der Waals surface area contributed by atoms with E-state index in [4.69, 9.17) is 0 Å². The van der Waals surface area contributed by atoms with Gasteiger partial charge in [0.1, 0.15) is 0 Å². The van der Waals surface area contributed by atoms with Gasteiger partial charge in [-0.05, 0) is 32.9 Å². The van der Waals surface area contributed by atoms with E-state index in [0.29, 0.717) is 12.6 Å². The topological polar surface area (TPSA) is 61.4 Å². The summed E-state index contributed by atoms with van der Waals surface area (Å²) in [5.41, 5.74) is 0. The Morgan fingerprint density at radius 2 is 1.78 bits per heavy atom. The van der Waals surface area contributed by atoms with Gasteiger partial charge in [0.2, 0.25) is 10.0 Å². The van der Waals surface area contributed by atoms with Crippen LogP contribution in [-0.2, 0) is 10.0 Å². The van der Waals surface area contributed by atoms with E-state index >= 15 is 0 Å². The molecule has 0 saturated carbocycles. The van der Waals surface area contributed by atoms with E-state index in [9.17, 15) is 8.42 Å². The average molecular weight is 277 g/mol. The van der Waals surface area contributed by atoms with E-state index in [1.165, 1.54) is 12.8 Å². The summed E-state index contributed by atoms with van der Waals surface area (Å²) in [7, 11) is -3.16. The second-order valence-corrected chi connectivity index (χ2v) is 7.33. The van der Waals surface area contributed by atoms with E-state index in [0.717, 1.165) is 19.6 Å². The molecule has 0 amide bonds. The fraction of sp³-hybridized carbons (Fsp3) is 1.00. The summed E-state index contributed by atoms with van der Waals surface area (Å²) in [6.45, 7) is 9.47. The van der Waals surface area contributed by atoms with E-state index < -0.39 is 10.0 Å². The van der Waals surface area contributed by atoms with E-state index in [-0.39, 0.29) is 11.8 Å². The standard InChI is InChI=1S/C12H27N3O2S/c1-11(2)13-6-9-18(16,17)14-12(3)10-15-7-4-5-8-15/h11-14H,4-10H2,1-3H3. The summed E-state index contributed by atoms with van der Waals surface area (Å²) in [6.07, 6.45) is 2.47. The minimum Gasteiger partial charge on any atom is -0.313 e. The van der Waals surface area contributed by atoms with Crippen LogP contribution in [0.2, 0.25) is 0 Å². The molecule has 1 saturated heterocycles. The van der Waals surface area contributed by atoms with E-state index in [1.807, 2.05) is 20.8 Å². The van der Waals surface area contributed by atoms with Crippen molar-refractivity contribution in [2.45, 2.75) is 45.7 Å². The molecule has 0 aliphatic carbocycles. The number of nitrogens with zero attached hydrogens (tertiary/aromatic N) is 1. The minimum absolute atomic E-state index is 0.00727. The number of hydrogen-bond acceptors (Lipinski definition) is 4. The van der Waals surface area contributed by atoms with Gasteiger partial charge in [0.15, 0.2) is 0 Å². The zero-order chi connectivity index (χ0) is 13.6. The summed E-state index contributed by atoms with van der Waals surface area (Å²) < 4.78 is 26.4. The molecule has 6 heteroatoms. The van der Waals surface area contributed by atoms with Crippen LogP contribution in [0.15, 0.2) is 0 Å². The highest BCUT2D eigenvalue weighted by atomic mass is 32.2. The van der Waals surface area contributed by atoms with Crippen molar-refractivity contribution in [3.8, 4) is 0 Å².